The summed E-state index contributed by atoms with van der Waals surface area (Å²) in [6.45, 7) is 5.87. The molecule has 0 saturated carbocycles. The van der Waals surface area contributed by atoms with E-state index in [1.165, 1.54) is 0 Å². The highest BCUT2D eigenvalue weighted by Gasteiger charge is 2.26. The lowest BCUT2D eigenvalue weighted by molar-refractivity contribution is -0.136. The minimum absolute atomic E-state index is 0.0166. The zero-order valence-corrected chi connectivity index (χ0v) is 12.0. The summed E-state index contributed by atoms with van der Waals surface area (Å²) in [5.74, 6) is 1.21. The monoisotopic (exact) mass is 289 g/mol. The predicted molar refractivity (Wildman–Crippen MR) is 73.8 cm³/mol. The van der Waals surface area contributed by atoms with Crippen molar-refractivity contribution in [1.82, 2.24) is 5.32 Å². The second kappa shape index (κ2) is 8.15. The van der Waals surface area contributed by atoms with E-state index >= 15 is 0 Å². The molecule has 0 fully saturated rings. The van der Waals surface area contributed by atoms with Crippen LogP contribution in [0.4, 0.5) is 13.2 Å². The number of hydrogen-bond donors (Lipinski definition) is 1. The Bertz CT molecular complexity index is 391. The molecule has 0 spiro atoms. The molecule has 0 bridgehead atoms. The molecule has 5 heteroatoms. The Morgan fingerprint density at radius 2 is 1.90 bits per heavy atom. The summed E-state index contributed by atoms with van der Waals surface area (Å²) in [6.07, 6.45) is -4.93. The van der Waals surface area contributed by atoms with Crippen molar-refractivity contribution in [2.24, 2.45) is 5.92 Å². The number of rotatable bonds is 8. The maximum Gasteiger partial charge on any atom is 0.389 e. The molecule has 20 heavy (non-hydrogen) atoms. The molecule has 0 unspecified atom stereocenters. The van der Waals surface area contributed by atoms with Gasteiger partial charge in [0.25, 0.3) is 0 Å². The van der Waals surface area contributed by atoms with Crippen molar-refractivity contribution in [3.63, 3.8) is 0 Å². The Kier molecular flexibility index (Phi) is 6.85. The van der Waals surface area contributed by atoms with Crippen LogP contribution in [0.5, 0.6) is 5.75 Å². The van der Waals surface area contributed by atoms with Gasteiger partial charge in [0.1, 0.15) is 5.75 Å². The summed E-state index contributed by atoms with van der Waals surface area (Å²) in [5.41, 5.74) is 0.972. The molecule has 0 amide bonds. The highest BCUT2D eigenvalue weighted by Crippen LogP contribution is 2.22. The average Bonchev–Trinajstić information content (AvgIpc) is 2.34. The third-order valence-electron chi connectivity index (χ3n) is 2.70. The normalized spacial score (nSPS) is 11.9. The van der Waals surface area contributed by atoms with Crippen molar-refractivity contribution in [1.29, 1.82) is 0 Å². The lowest BCUT2D eigenvalue weighted by Crippen LogP contribution is -2.19. The number of halogens is 3. The summed E-state index contributed by atoms with van der Waals surface area (Å²) >= 11 is 0. The zero-order valence-electron chi connectivity index (χ0n) is 12.0. The number of alkyl halides is 3. The molecule has 0 heterocycles. The van der Waals surface area contributed by atoms with Gasteiger partial charge in [0.15, 0.2) is 0 Å². The molecule has 0 atom stereocenters. The molecule has 0 aromatic heterocycles. The molecule has 0 radical (unpaired) electrons. The molecule has 1 rings (SSSR count). The van der Waals surface area contributed by atoms with E-state index in [2.05, 4.69) is 19.2 Å². The molecular formula is C15H22F3NO. The summed E-state index contributed by atoms with van der Waals surface area (Å²) in [4.78, 5) is 0. The first kappa shape index (κ1) is 16.8. The minimum atomic E-state index is -4.11. The zero-order chi connectivity index (χ0) is 15.0. The second-order valence-corrected chi connectivity index (χ2v) is 5.20. The van der Waals surface area contributed by atoms with Crippen molar-refractivity contribution >= 4 is 0 Å². The van der Waals surface area contributed by atoms with Gasteiger partial charge in [-0.15, -0.1) is 0 Å². The number of para-hydroxylation sites is 1. The van der Waals surface area contributed by atoms with Crippen LogP contribution in [0.3, 0.4) is 0 Å². The van der Waals surface area contributed by atoms with E-state index < -0.39 is 12.6 Å². The Labute approximate surface area is 118 Å². The second-order valence-electron chi connectivity index (χ2n) is 5.20. The molecular weight excluding hydrogens is 267 g/mol. The van der Waals surface area contributed by atoms with Crippen molar-refractivity contribution in [3.05, 3.63) is 29.8 Å². The lowest BCUT2D eigenvalue weighted by atomic mass is 10.2. The lowest BCUT2D eigenvalue weighted by Gasteiger charge is -2.13. The minimum Gasteiger partial charge on any atom is -0.493 e. The SMILES string of the molecule is CC(C)CNCc1ccccc1OCCCC(F)(F)F. The van der Waals surface area contributed by atoms with Crippen LogP contribution >= 0.6 is 0 Å². The fourth-order valence-corrected chi connectivity index (χ4v) is 1.74. The molecule has 0 aliphatic heterocycles. The van der Waals surface area contributed by atoms with Crippen molar-refractivity contribution in [3.8, 4) is 5.75 Å². The van der Waals surface area contributed by atoms with Crippen LogP contribution < -0.4 is 10.1 Å². The first-order valence-corrected chi connectivity index (χ1v) is 6.86. The Morgan fingerprint density at radius 1 is 1.20 bits per heavy atom. The van der Waals surface area contributed by atoms with Crippen LogP contribution in [0.25, 0.3) is 0 Å². The summed E-state index contributed by atoms with van der Waals surface area (Å²) in [6, 6.07) is 7.44. The van der Waals surface area contributed by atoms with E-state index in [0.29, 0.717) is 18.2 Å². The third-order valence-corrected chi connectivity index (χ3v) is 2.70. The van der Waals surface area contributed by atoms with Crippen LogP contribution in [-0.4, -0.2) is 19.3 Å². The van der Waals surface area contributed by atoms with Crippen molar-refractivity contribution in [2.75, 3.05) is 13.2 Å². The van der Waals surface area contributed by atoms with E-state index in [4.69, 9.17) is 4.74 Å². The maximum absolute atomic E-state index is 12.0. The Hall–Kier alpha value is -1.23. The number of nitrogens with one attached hydrogen (secondary N) is 1. The smallest absolute Gasteiger partial charge is 0.389 e. The van der Waals surface area contributed by atoms with Gasteiger partial charge in [-0.25, -0.2) is 0 Å². The van der Waals surface area contributed by atoms with Crippen LogP contribution in [0, 0.1) is 5.92 Å². The first-order chi connectivity index (χ1) is 9.38. The quantitative estimate of drug-likeness (QED) is 0.726. The number of hydrogen-bond acceptors (Lipinski definition) is 2. The molecule has 2 nitrogen and oxygen atoms in total. The Balaban J connectivity index is 2.40. The Morgan fingerprint density at radius 3 is 2.55 bits per heavy atom. The standard InChI is InChI=1S/C15H22F3NO/c1-12(2)10-19-11-13-6-3-4-7-14(13)20-9-5-8-15(16,17)18/h3-4,6-7,12,19H,5,8-11H2,1-2H3. The number of ether oxygens (including phenoxy) is 1. The third kappa shape index (κ3) is 7.38. The molecule has 1 aromatic carbocycles. The topological polar surface area (TPSA) is 21.3 Å². The van der Waals surface area contributed by atoms with Gasteiger partial charge in [0, 0.05) is 18.5 Å². The van der Waals surface area contributed by atoms with Crippen LogP contribution in [-0.2, 0) is 6.54 Å². The van der Waals surface area contributed by atoms with Crippen LogP contribution in [0.1, 0.15) is 32.3 Å². The molecule has 1 aromatic rings. The number of benzene rings is 1. The maximum atomic E-state index is 12.0. The fraction of sp³-hybridized carbons (Fsp3) is 0.600. The van der Waals surface area contributed by atoms with E-state index in [-0.39, 0.29) is 13.0 Å². The highest BCUT2D eigenvalue weighted by molar-refractivity contribution is 5.33. The molecule has 114 valence electrons. The largest absolute Gasteiger partial charge is 0.493 e. The van der Waals surface area contributed by atoms with Crippen LogP contribution in [0.15, 0.2) is 24.3 Å². The van der Waals surface area contributed by atoms with Gasteiger partial charge in [-0.3, -0.25) is 0 Å². The fourth-order valence-electron chi connectivity index (χ4n) is 1.74. The summed E-state index contributed by atoms with van der Waals surface area (Å²) in [5, 5.41) is 3.30. The molecule has 0 aliphatic rings. The van der Waals surface area contributed by atoms with Gasteiger partial charge >= 0.3 is 6.18 Å². The van der Waals surface area contributed by atoms with Crippen molar-refractivity contribution < 1.29 is 17.9 Å². The van der Waals surface area contributed by atoms with E-state index in [1.807, 2.05) is 18.2 Å². The van der Waals surface area contributed by atoms with Gasteiger partial charge in [0.2, 0.25) is 0 Å². The van der Waals surface area contributed by atoms with Gasteiger partial charge in [-0.2, -0.15) is 13.2 Å². The molecule has 1 N–H and O–H groups in total. The van der Waals surface area contributed by atoms with Gasteiger partial charge < -0.3 is 10.1 Å². The van der Waals surface area contributed by atoms with Gasteiger partial charge in [-0.1, -0.05) is 32.0 Å². The van der Waals surface area contributed by atoms with E-state index in [9.17, 15) is 13.2 Å². The molecule has 0 aliphatic carbocycles. The molecule has 0 saturated heterocycles. The van der Waals surface area contributed by atoms with E-state index in [0.717, 1.165) is 12.1 Å². The highest BCUT2D eigenvalue weighted by atomic mass is 19.4. The summed E-state index contributed by atoms with van der Waals surface area (Å²) < 4.78 is 41.6. The van der Waals surface area contributed by atoms with Gasteiger partial charge in [-0.05, 0) is 24.9 Å². The first-order valence-electron chi connectivity index (χ1n) is 6.86. The van der Waals surface area contributed by atoms with Gasteiger partial charge in [0.05, 0.1) is 6.61 Å². The van der Waals surface area contributed by atoms with Crippen molar-refractivity contribution in [2.45, 2.75) is 39.4 Å². The summed E-state index contributed by atoms with van der Waals surface area (Å²) in [7, 11) is 0. The van der Waals surface area contributed by atoms with E-state index in [1.54, 1.807) is 6.07 Å². The predicted octanol–water partition coefficient (Wildman–Crippen LogP) is 4.15. The average molecular weight is 289 g/mol. The van der Waals surface area contributed by atoms with Crippen LogP contribution in [0.2, 0.25) is 0 Å².